The molecule has 1 fully saturated rings. The predicted molar refractivity (Wildman–Crippen MR) is 134 cm³/mol. The van der Waals surface area contributed by atoms with Gasteiger partial charge in [-0.1, -0.05) is 31.0 Å². The molecule has 0 atom stereocenters. The van der Waals surface area contributed by atoms with Gasteiger partial charge < -0.3 is 20.3 Å². The smallest absolute Gasteiger partial charge is 0.230 e. The molecule has 2 aromatic rings. The van der Waals surface area contributed by atoms with E-state index in [1.807, 2.05) is 26.2 Å². The van der Waals surface area contributed by atoms with Crippen LogP contribution < -0.4 is 15.4 Å². The van der Waals surface area contributed by atoms with Crippen LogP contribution in [0.15, 0.2) is 41.4 Å². The number of nitrogens with one attached hydrogen (secondary N) is 2. The van der Waals surface area contributed by atoms with Crippen molar-refractivity contribution in [1.29, 1.82) is 0 Å². The highest BCUT2D eigenvalue weighted by Gasteiger charge is 2.42. The molecule has 3 rings (SSSR count). The van der Waals surface area contributed by atoms with Crippen LogP contribution in [0.5, 0.6) is 5.75 Å². The van der Waals surface area contributed by atoms with Crippen molar-refractivity contribution in [2.45, 2.75) is 32.2 Å². The minimum absolute atomic E-state index is 0. The van der Waals surface area contributed by atoms with Gasteiger partial charge in [0.2, 0.25) is 5.91 Å². The number of rotatable bonds is 6. The molecule has 0 aromatic heterocycles. The lowest BCUT2D eigenvalue weighted by molar-refractivity contribution is -0.138. The van der Waals surface area contributed by atoms with Gasteiger partial charge in [-0.2, -0.15) is 0 Å². The summed E-state index contributed by atoms with van der Waals surface area (Å²) in [6, 6.07) is 12.5. The second-order valence-corrected chi connectivity index (χ2v) is 8.01. The van der Waals surface area contributed by atoms with Gasteiger partial charge in [-0.25, -0.2) is 0 Å². The molecule has 7 heteroatoms. The second-order valence-electron chi connectivity index (χ2n) is 8.01. The molecule has 164 valence electrons. The van der Waals surface area contributed by atoms with Crippen LogP contribution in [-0.2, 0) is 11.3 Å². The van der Waals surface area contributed by atoms with E-state index in [1.165, 1.54) is 10.9 Å². The Labute approximate surface area is 196 Å². The van der Waals surface area contributed by atoms with Crippen LogP contribution in [0, 0.1) is 5.41 Å². The summed E-state index contributed by atoms with van der Waals surface area (Å²) in [5.74, 6) is 1.79. The zero-order chi connectivity index (χ0) is 20.9. The Balaban J connectivity index is 0.00000320. The normalized spacial score (nSPS) is 15.4. The number of nitrogens with zero attached hydrogens (tertiary/aromatic N) is 2. The van der Waals surface area contributed by atoms with E-state index in [0.29, 0.717) is 13.1 Å². The molecule has 1 aliphatic carbocycles. The maximum atomic E-state index is 12.7. The summed E-state index contributed by atoms with van der Waals surface area (Å²) >= 11 is 0. The molecule has 2 aromatic carbocycles. The molecule has 2 N–H and O–H groups in total. The standard InChI is InChI=1S/C23H32N4O2.HI/c1-24-22(26-16-23(11-5-6-12-23)21(28)27(2)3)25-15-17-7-8-19-14-20(29-4)10-9-18(19)13-17;/h7-10,13-14H,5-6,11-12,15-16H2,1-4H3,(H2,24,25,26);1H. The first-order valence-corrected chi connectivity index (χ1v) is 10.2. The lowest BCUT2D eigenvalue weighted by Crippen LogP contribution is -2.49. The van der Waals surface area contributed by atoms with Crippen LogP contribution >= 0.6 is 24.0 Å². The number of ether oxygens (including phenoxy) is 1. The lowest BCUT2D eigenvalue weighted by Gasteiger charge is -2.31. The summed E-state index contributed by atoms with van der Waals surface area (Å²) in [6.07, 6.45) is 4.08. The summed E-state index contributed by atoms with van der Waals surface area (Å²) in [5.41, 5.74) is 0.855. The molecule has 1 aliphatic rings. The largest absolute Gasteiger partial charge is 0.497 e. The highest BCUT2D eigenvalue weighted by molar-refractivity contribution is 14.0. The number of methoxy groups -OCH3 is 1. The number of fused-ring (bicyclic) bond motifs is 1. The second kappa shape index (κ2) is 10.8. The van der Waals surface area contributed by atoms with Gasteiger partial charge in [0, 0.05) is 34.2 Å². The summed E-state index contributed by atoms with van der Waals surface area (Å²) in [4.78, 5) is 18.8. The maximum absolute atomic E-state index is 12.7. The number of carbonyl (C=O) groups excluding carboxylic acids is 1. The summed E-state index contributed by atoms with van der Waals surface area (Å²) in [6.45, 7) is 1.28. The number of halogens is 1. The zero-order valence-electron chi connectivity index (χ0n) is 18.3. The van der Waals surface area contributed by atoms with Crippen molar-refractivity contribution in [3.63, 3.8) is 0 Å². The van der Waals surface area contributed by atoms with E-state index in [-0.39, 0.29) is 35.3 Å². The molecule has 0 spiro atoms. The fraction of sp³-hybridized carbons (Fsp3) is 0.478. The first-order chi connectivity index (χ1) is 14.0. The molecular weight excluding hydrogens is 491 g/mol. The Morgan fingerprint density at radius 1 is 1.10 bits per heavy atom. The first kappa shape index (κ1) is 24.2. The third-order valence-corrected chi connectivity index (χ3v) is 5.81. The van der Waals surface area contributed by atoms with Gasteiger partial charge in [-0.15, -0.1) is 24.0 Å². The highest BCUT2D eigenvalue weighted by atomic mass is 127. The van der Waals surface area contributed by atoms with Crippen molar-refractivity contribution >= 4 is 46.6 Å². The highest BCUT2D eigenvalue weighted by Crippen LogP contribution is 2.38. The van der Waals surface area contributed by atoms with E-state index < -0.39 is 0 Å². The number of guanidine groups is 1. The first-order valence-electron chi connectivity index (χ1n) is 10.2. The molecule has 0 saturated heterocycles. The molecule has 0 heterocycles. The Bertz CT molecular complexity index is 892. The fourth-order valence-corrected chi connectivity index (χ4v) is 4.16. The molecule has 6 nitrogen and oxygen atoms in total. The summed E-state index contributed by atoms with van der Waals surface area (Å²) in [5, 5.41) is 9.09. The van der Waals surface area contributed by atoms with Crippen LogP contribution in [0.4, 0.5) is 0 Å². The van der Waals surface area contributed by atoms with E-state index in [4.69, 9.17) is 4.74 Å². The van der Waals surface area contributed by atoms with Crippen LogP contribution in [-0.4, -0.2) is 51.6 Å². The quantitative estimate of drug-likeness (QED) is 0.343. The number of hydrogen-bond acceptors (Lipinski definition) is 3. The topological polar surface area (TPSA) is 66.0 Å². The molecule has 0 aliphatic heterocycles. The third-order valence-electron chi connectivity index (χ3n) is 5.81. The molecule has 1 saturated carbocycles. The number of hydrogen-bond donors (Lipinski definition) is 2. The van der Waals surface area contributed by atoms with E-state index in [2.05, 4.69) is 39.9 Å². The number of carbonyl (C=O) groups is 1. The maximum Gasteiger partial charge on any atom is 0.230 e. The average Bonchev–Trinajstić information content (AvgIpc) is 3.22. The van der Waals surface area contributed by atoms with Crippen molar-refractivity contribution in [2.24, 2.45) is 10.4 Å². The summed E-state index contributed by atoms with van der Waals surface area (Å²) < 4.78 is 5.29. The fourth-order valence-electron chi connectivity index (χ4n) is 4.16. The Morgan fingerprint density at radius 2 is 1.77 bits per heavy atom. The number of benzene rings is 2. The van der Waals surface area contributed by atoms with Crippen LogP contribution in [0.25, 0.3) is 10.8 Å². The minimum Gasteiger partial charge on any atom is -0.497 e. The molecule has 0 bridgehead atoms. The van der Waals surface area contributed by atoms with Gasteiger partial charge in [-0.3, -0.25) is 9.79 Å². The van der Waals surface area contributed by atoms with Crippen molar-refractivity contribution in [2.75, 3.05) is 34.8 Å². The molecule has 30 heavy (non-hydrogen) atoms. The van der Waals surface area contributed by atoms with E-state index in [9.17, 15) is 4.79 Å². The van der Waals surface area contributed by atoms with Gasteiger partial charge in [0.1, 0.15) is 5.75 Å². The zero-order valence-corrected chi connectivity index (χ0v) is 20.7. The molecule has 0 unspecified atom stereocenters. The minimum atomic E-state index is -0.316. The van der Waals surface area contributed by atoms with Crippen LogP contribution in [0.2, 0.25) is 0 Å². The van der Waals surface area contributed by atoms with Crippen molar-refractivity contribution in [3.05, 3.63) is 42.0 Å². The average molecular weight is 524 g/mol. The predicted octanol–water partition coefficient (Wildman–Crippen LogP) is 3.78. The van der Waals surface area contributed by atoms with Gasteiger partial charge in [0.15, 0.2) is 5.96 Å². The lowest BCUT2D eigenvalue weighted by atomic mass is 9.84. The van der Waals surface area contributed by atoms with Crippen molar-refractivity contribution < 1.29 is 9.53 Å². The van der Waals surface area contributed by atoms with E-state index >= 15 is 0 Å². The van der Waals surface area contributed by atoms with Gasteiger partial charge in [-0.05, 0) is 47.4 Å². The van der Waals surface area contributed by atoms with Gasteiger partial charge >= 0.3 is 0 Å². The van der Waals surface area contributed by atoms with Crippen molar-refractivity contribution in [1.82, 2.24) is 15.5 Å². The Morgan fingerprint density at radius 3 is 2.40 bits per heavy atom. The van der Waals surface area contributed by atoms with Gasteiger partial charge in [0.05, 0.1) is 12.5 Å². The molecule has 0 radical (unpaired) electrons. The molecule has 1 amide bonds. The van der Waals surface area contributed by atoms with Crippen LogP contribution in [0.3, 0.4) is 0 Å². The summed E-state index contributed by atoms with van der Waals surface area (Å²) in [7, 11) is 7.12. The van der Waals surface area contributed by atoms with E-state index in [0.717, 1.165) is 42.8 Å². The third kappa shape index (κ3) is 5.56. The Hall–Kier alpha value is -2.03. The number of aliphatic imine (C=N–C) groups is 1. The monoisotopic (exact) mass is 524 g/mol. The van der Waals surface area contributed by atoms with Crippen LogP contribution in [0.1, 0.15) is 31.2 Å². The van der Waals surface area contributed by atoms with E-state index in [1.54, 1.807) is 19.1 Å². The van der Waals surface area contributed by atoms with Gasteiger partial charge in [0.25, 0.3) is 0 Å². The Kier molecular flexibility index (Phi) is 8.76. The molecular formula is C23H33IN4O2. The van der Waals surface area contributed by atoms with Crippen molar-refractivity contribution in [3.8, 4) is 5.75 Å². The number of amides is 1. The SMILES string of the molecule is CN=C(NCc1ccc2cc(OC)ccc2c1)NCC1(C(=O)N(C)C)CCCC1.I.